The minimum absolute atomic E-state index is 0.522. The molecule has 1 aliphatic carbocycles. The highest BCUT2D eigenvalue weighted by Crippen LogP contribution is 2.40. The smallest absolute Gasteiger partial charge is 0.192 e. The molecule has 1 aliphatic rings. The van der Waals surface area contributed by atoms with Gasteiger partial charge in [0.05, 0.1) is 10.7 Å². The number of oxazole rings is 1. The van der Waals surface area contributed by atoms with E-state index in [4.69, 9.17) is 16.0 Å². The molecule has 0 amide bonds. The second-order valence-corrected chi connectivity index (χ2v) is 6.17. The Bertz CT molecular complexity index is 611. The first-order valence-corrected chi connectivity index (χ1v) is 7.77. The maximum absolute atomic E-state index is 6.40. The van der Waals surface area contributed by atoms with E-state index >= 15 is 0 Å². The third-order valence-electron chi connectivity index (χ3n) is 4.12. The van der Waals surface area contributed by atoms with E-state index in [1.165, 1.54) is 32.1 Å². The average molecular weight is 290 g/mol. The summed E-state index contributed by atoms with van der Waals surface area (Å²) in [5.41, 5.74) is 3.24. The molecule has 1 fully saturated rings. The number of benzene rings is 1. The van der Waals surface area contributed by atoms with Crippen molar-refractivity contribution in [2.45, 2.75) is 51.9 Å². The standard InChI is InChI=1S/C17H20ClNO/c1-11-8-9-14(15(18)10-11)17-16(19-12(2)20-17)13-6-4-3-5-7-13/h8-10,13H,3-7H2,1-2H3. The van der Waals surface area contributed by atoms with Crippen molar-refractivity contribution in [3.05, 3.63) is 40.4 Å². The van der Waals surface area contributed by atoms with Crippen LogP contribution >= 0.6 is 11.6 Å². The van der Waals surface area contributed by atoms with Crippen LogP contribution in [-0.2, 0) is 0 Å². The summed E-state index contributed by atoms with van der Waals surface area (Å²) in [5, 5.41) is 0.748. The largest absolute Gasteiger partial charge is 0.441 e. The van der Waals surface area contributed by atoms with E-state index in [0.717, 1.165) is 33.5 Å². The van der Waals surface area contributed by atoms with E-state index in [0.29, 0.717) is 5.92 Å². The first-order valence-electron chi connectivity index (χ1n) is 7.39. The maximum Gasteiger partial charge on any atom is 0.192 e. The lowest BCUT2D eigenvalue weighted by molar-refractivity contribution is 0.437. The monoisotopic (exact) mass is 289 g/mol. The van der Waals surface area contributed by atoms with E-state index in [-0.39, 0.29) is 0 Å². The van der Waals surface area contributed by atoms with Crippen LogP contribution in [0.15, 0.2) is 22.6 Å². The van der Waals surface area contributed by atoms with Crippen LogP contribution in [-0.4, -0.2) is 4.98 Å². The molecule has 0 saturated heterocycles. The van der Waals surface area contributed by atoms with Crippen molar-refractivity contribution in [1.82, 2.24) is 4.98 Å². The summed E-state index contributed by atoms with van der Waals surface area (Å²) in [6, 6.07) is 6.10. The van der Waals surface area contributed by atoms with Gasteiger partial charge in [0, 0.05) is 18.4 Å². The molecular weight excluding hydrogens is 270 g/mol. The first-order chi connectivity index (χ1) is 9.65. The molecule has 0 spiro atoms. The Morgan fingerprint density at radius 1 is 1.15 bits per heavy atom. The van der Waals surface area contributed by atoms with E-state index in [1.54, 1.807) is 0 Å². The minimum atomic E-state index is 0.522. The Labute approximate surface area is 125 Å². The van der Waals surface area contributed by atoms with Gasteiger partial charge in [-0.1, -0.05) is 36.9 Å². The van der Waals surface area contributed by atoms with Gasteiger partial charge in [0.15, 0.2) is 11.7 Å². The highest BCUT2D eigenvalue weighted by molar-refractivity contribution is 6.33. The van der Waals surface area contributed by atoms with Crippen LogP contribution in [0.2, 0.25) is 5.02 Å². The first kappa shape index (κ1) is 13.7. The van der Waals surface area contributed by atoms with Gasteiger partial charge >= 0.3 is 0 Å². The lowest BCUT2D eigenvalue weighted by Gasteiger charge is -2.20. The lowest BCUT2D eigenvalue weighted by Crippen LogP contribution is -2.06. The summed E-state index contributed by atoms with van der Waals surface area (Å²) < 4.78 is 5.88. The normalized spacial score (nSPS) is 16.6. The molecule has 1 aromatic carbocycles. The van der Waals surface area contributed by atoms with Gasteiger partial charge in [-0.05, 0) is 37.5 Å². The van der Waals surface area contributed by atoms with Crippen molar-refractivity contribution < 1.29 is 4.42 Å². The zero-order chi connectivity index (χ0) is 14.1. The highest BCUT2D eigenvalue weighted by atomic mass is 35.5. The van der Waals surface area contributed by atoms with Crippen molar-refractivity contribution in [1.29, 1.82) is 0 Å². The molecule has 0 radical (unpaired) electrons. The predicted molar refractivity (Wildman–Crippen MR) is 82.2 cm³/mol. The van der Waals surface area contributed by atoms with E-state index in [1.807, 2.05) is 26.0 Å². The molecule has 1 heterocycles. The van der Waals surface area contributed by atoms with Crippen LogP contribution < -0.4 is 0 Å². The molecule has 0 N–H and O–H groups in total. The van der Waals surface area contributed by atoms with Gasteiger partial charge in [0.25, 0.3) is 0 Å². The summed E-state index contributed by atoms with van der Waals surface area (Å²) in [6.07, 6.45) is 6.34. The molecule has 20 heavy (non-hydrogen) atoms. The van der Waals surface area contributed by atoms with Crippen molar-refractivity contribution in [2.75, 3.05) is 0 Å². The molecular formula is C17H20ClNO. The molecule has 0 bridgehead atoms. The van der Waals surface area contributed by atoms with Crippen LogP contribution in [0.1, 0.15) is 55.2 Å². The number of nitrogens with zero attached hydrogens (tertiary/aromatic N) is 1. The fourth-order valence-electron chi connectivity index (χ4n) is 3.09. The van der Waals surface area contributed by atoms with Crippen LogP contribution in [0.25, 0.3) is 11.3 Å². The molecule has 1 aromatic heterocycles. The Morgan fingerprint density at radius 3 is 2.60 bits per heavy atom. The maximum atomic E-state index is 6.40. The summed E-state index contributed by atoms with van der Waals surface area (Å²) in [5.74, 6) is 2.13. The SMILES string of the molecule is Cc1ccc(-c2oc(C)nc2C2CCCCC2)c(Cl)c1. The van der Waals surface area contributed by atoms with Crippen molar-refractivity contribution in [3.63, 3.8) is 0 Å². The van der Waals surface area contributed by atoms with Crippen molar-refractivity contribution in [3.8, 4) is 11.3 Å². The second-order valence-electron chi connectivity index (χ2n) is 5.77. The third kappa shape index (κ3) is 2.62. The Balaban J connectivity index is 2.04. The van der Waals surface area contributed by atoms with Gasteiger partial charge in [0.2, 0.25) is 0 Å². The molecule has 2 aromatic rings. The van der Waals surface area contributed by atoms with Gasteiger partial charge < -0.3 is 4.42 Å². The molecule has 106 valence electrons. The number of halogens is 1. The Morgan fingerprint density at radius 2 is 1.90 bits per heavy atom. The number of rotatable bonds is 2. The average Bonchev–Trinajstić information content (AvgIpc) is 2.81. The van der Waals surface area contributed by atoms with Crippen LogP contribution in [0.4, 0.5) is 0 Å². The number of aromatic nitrogens is 1. The van der Waals surface area contributed by atoms with E-state index < -0.39 is 0 Å². The molecule has 3 heteroatoms. The third-order valence-corrected chi connectivity index (χ3v) is 4.43. The minimum Gasteiger partial charge on any atom is -0.441 e. The fraction of sp³-hybridized carbons (Fsp3) is 0.471. The molecule has 3 rings (SSSR count). The van der Waals surface area contributed by atoms with Gasteiger partial charge in [-0.2, -0.15) is 0 Å². The van der Waals surface area contributed by atoms with Gasteiger partial charge in [-0.3, -0.25) is 0 Å². The summed E-state index contributed by atoms with van der Waals surface area (Å²) in [7, 11) is 0. The van der Waals surface area contributed by atoms with Gasteiger partial charge in [0.1, 0.15) is 0 Å². The van der Waals surface area contributed by atoms with Crippen molar-refractivity contribution >= 4 is 11.6 Å². The topological polar surface area (TPSA) is 26.0 Å². The number of hydrogen-bond donors (Lipinski definition) is 0. The summed E-state index contributed by atoms with van der Waals surface area (Å²) in [4.78, 5) is 4.65. The Hall–Kier alpha value is -1.28. The molecule has 0 aliphatic heterocycles. The quantitative estimate of drug-likeness (QED) is 0.713. The molecule has 0 atom stereocenters. The van der Waals surface area contributed by atoms with E-state index in [2.05, 4.69) is 11.1 Å². The number of aryl methyl sites for hydroxylation is 2. The van der Waals surface area contributed by atoms with Crippen molar-refractivity contribution in [2.24, 2.45) is 0 Å². The molecule has 2 nitrogen and oxygen atoms in total. The lowest BCUT2D eigenvalue weighted by atomic mass is 9.85. The summed E-state index contributed by atoms with van der Waals surface area (Å²) in [6.45, 7) is 3.96. The predicted octanol–water partition coefficient (Wildman–Crippen LogP) is 5.66. The zero-order valence-electron chi connectivity index (χ0n) is 12.1. The highest BCUT2D eigenvalue weighted by Gasteiger charge is 2.25. The second kappa shape index (κ2) is 5.61. The van der Waals surface area contributed by atoms with Crippen LogP contribution in [0, 0.1) is 13.8 Å². The summed E-state index contributed by atoms with van der Waals surface area (Å²) >= 11 is 6.40. The zero-order valence-corrected chi connectivity index (χ0v) is 12.8. The van der Waals surface area contributed by atoms with Gasteiger partial charge in [-0.15, -0.1) is 0 Å². The Kier molecular flexibility index (Phi) is 3.84. The number of hydrogen-bond acceptors (Lipinski definition) is 2. The van der Waals surface area contributed by atoms with Crippen LogP contribution in [0.5, 0.6) is 0 Å². The molecule has 0 unspecified atom stereocenters. The van der Waals surface area contributed by atoms with Gasteiger partial charge in [-0.25, -0.2) is 4.98 Å². The van der Waals surface area contributed by atoms with Crippen LogP contribution in [0.3, 0.4) is 0 Å². The fourth-order valence-corrected chi connectivity index (χ4v) is 3.41. The van der Waals surface area contributed by atoms with E-state index in [9.17, 15) is 0 Å². The molecule has 1 saturated carbocycles.